The van der Waals surface area contributed by atoms with Crippen molar-refractivity contribution in [1.29, 1.82) is 0 Å². The van der Waals surface area contributed by atoms with E-state index in [1.807, 2.05) is 24.3 Å². The standard InChI is InChI=1S/C17H23ClN6O/c18-12-3-1-11(2-4-12)9-14-15(25)10-24(14)13-5-7-23(8-6-13)17-20-16(19)21-22-17/h1-4,13-15,25H,5-10H2,(H3,19,20,21,22)/t14?,15-/m0/s1. The van der Waals surface area contributed by atoms with E-state index in [1.165, 1.54) is 5.56 Å². The zero-order chi connectivity index (χ0) is 17.4. The molecule has 2 aromatic rings. The molecule has 8 heteroatoms. The summed E-state index contributed by atoms with van der Waals surface area (Å²) in [5.74, 6) is 1.03. The zero-order valence-electron chi connectivity index (χ0n) is 14.0. The number of aliphatic hydroxyl groups is 1. The average molecular weight is 363 g/mol. The molecule has 2 aliphatic heterocycles. The summed E-state index contributed by atoms with van der Waals surface area (Å²) >= 11 is 5.96. The maximum atomic E-state index is 10.2. The molecule has 3 heterocycles. The Kier molecular flexibility index (Phi) is 4.54. The number of nitrogens with zero attached hydrogens (tertiary/aromatic N) is 4. The Morgan fingerprint density at radius 3 is 2.56 bits per heavy atom. The molecule has 1 aromatic heterocycles. The smallest absolute Gasteiger partial charge is 0.246 e. The molecule has 2 aliphatic rings. The lowest BCUT2D eigenvalue weighted by Crippen LogP contribution is -2.65. The van der Waals surface area contributed by atoms with Crippen LogP contribution in [0, 0.1) is 0 Å². The lowest BCUT2D eigenvalue weighted by molar-refractivity contribution is -0.0890. The molecule has 7 nitrogen and oxygen atoms in total. The first-order chi connectivity index (χ1) is 12.1. The van der Waals surface area contributed by atoms with E-state index in [9.17, 15) is 5.11 Å². The number of aromatic amines is 1. The van der Waals surface area contributed by atoms with Crippen molar-refractivity contribution in [2.24, 2.45) is 0 Å². The Labute approximate surface area is 151 Å². The van der Waals surface area contributed by atoms with E-state index in [4.69, 9.17) is 17.3 Å². The predicted octanol–water partition coefficient (Wildman–Crippen LogP) is 1.30. The van der Waals surface area contributed by atoms with Crippen molar-refractivity contribution in [1.82, 2.24) is 20.1 Å². The molecule has 2 saturated heterocycles. The number of halogens is 1. The first-order valence-electron chi connectivity index (χ1n) is 8.71. The molecule has 0 aliphatic carbocycles. The molecule has 134 valence electrons. The van der Waals surface area contributed by atoms with Gasteiger partial charge in [0, 0.05) is 36.7 Å². The van der Waals surface area contributed by atoms with Gasteiger partial charge in [-0.25, -0.2) is 5.10 Å². The number of piperidine rings is 1. The van der Waals surface area contributed by atoms with Gasteiger partial charge in [-0.15, -0.1) is 5.10 Å². The Bertz CT molecular complexity index is 712. The van der Waals surface area contributed by atoms with E-state index < -0.39 is 0 Å². The fourth-order valence-electron chi connectivity index (χ4n) is 3.90. The van der Waals surface area contributed by atoms with Crippen LogP contribution in [0.1, 0.15) is 18.4 Å². The van der Waals surface area contributed by atoms with E-state index in [-0.39, 0.29) is 12.1 Å². The molecule has 2 atom stereocenters. The summed E-state index contributed by atoms with van der Waals surface area (Å²) < 4.78 is 0. The quantitative estimate of drug-likeness (QED) is 0.759. The van der Waals surface area contributed by atoms with Gasteiger partial charge in [0.2, 0.25) is 11.9 Å². The SMILES string of the molecule is Nc1nc(N2CCC(N3C[C@H](O)C3Cc3ccc(Cl)cc3)CC2)n[nH]1. The number of anilines is 2. The monoisotopic (exact) mass is 362 g/mol. The summed E-state index contributed by atoms with van der Waals surface area (Å²) in [4.78, 5) is 8.81. The maximum Gasteiger partial charge on any atom is 0.246 e. The second kappa shape index (κ2) is 6.82. The number of hydrogen-bond acceptors (Lipinski definition) is 6. The van der Waals surface area contributed by atoms with E-state index in [2.05, 4.69) is 25.0 Å². The van der Waals surface area contributed by atoms with Crippen LogP contribution >= 0.6 is 11.6 Å². The highest BCUT2D eigenvalue weighted by molar-refractivity contribution is 6.30. The number of likely N-dealkylation sites (tertiary alicyclic amines) is 1. The number of aromatic nitrogens is 3. The lowest BCUT2D eigenvalue weighted by Gasteiger charge is -2.51. The van der Waals surface area contributed by atoms with E-state index in [0.717, 1.165) is 43.9 Å². The third kappa shape index (κ3) is 3.44. The summed E-state index contributed by atoms with van der Waals surface area (Å²) in [6.07, 6.45) is 2.69. The van der Waals surface area contributed by atoms with Gasteiger partial charge >= 0.3 is 0 Å². The topological polar surface area (TPSA) is 94.3 Å². The largest absolute Gasteiger partial charge is 0.390 e. The number of nitrogens with two attached hydrogens (primary N) is 1. The maximum absolute atomic E-state index is 10.2. The van der Waals surface area contributed by atoms with Crippen LogP contribution in [-0.4, -0.2) is 63.0 Å². The second-order valence-corrected chi connectivity index (χ2v) is 7.34. The molecule has 25 heavy (non-hydrogen) atoms. The predicted molar refractivity (Wildman–Crippen MR) is 97.7 cm³/mol. The van der Waals surface area contributed by atoms with Gasteiger partial charge < -0.3 is 15.7 Å². The summed E-state index contributed by atoms with van der Waals surface area (Å²) in [5, 5.41) is 17.8. The van der Waals surface area contributed by atoms with E-state index >= 15 is 0 Å². The van der Waals surface area contributed by atoms with Crippen LogP contribution in [0.4, 0.5) is 11.9 Å². The molecule has 4 N–H and O–H groups in total. The third-order valence-electron chi connectivity index (χ3n) is 5.33. The van der Waals surface area contributed by atoms with Crippen LogP contribution in [0.15, 0.2) is 24.3 Å². The second-order valence-electron chi connectivity index (χ2n) is 6.90. The number of aliphatic hydroxyl groups excluding tert-OH is 1. The van der Waals surface area contributed by atoms with Gasteiger partial charge in [-0.05, 0) is 37.0 Å². The van der Waals surface area contributed by atoms with Gasteiger partial charge in [0.05, 0.1) is 6.10 Å². The van der Waals surface area contributed by atoms with Gasteiger partial charge in [0.15, 0.2) is 0 Å². The van der Waals surface area contributed by atoms with Gasteiger partial charge in [0.25, 0.3) is 0 Å². The molecule has 1 unspecified atom stereocenters. The molecule has 1 aromatic carbocycles. The minimum atomic E-state index is -0.249. The van der Waals surface area contributed by atoms with Gasteiger partial charge in [-0.2, -0.15) is 4.98 Å². The fourth-order valence-corrected chi connectivity index (χ4v) is 4.02. The Morgan fingerprint density at radius 2 is 1.96 bits per heavy atom. The van der Waals surface area contributed by atoms with Crippen molar-refractivity contribution in [3.8, 4) is 0 Å². The minimum absolute atomic E-state index is 0.192. The minimum Gasteiger partial charge on any atom is -0.390 e. The van der Waals surface area contributed by atoms with Crippen molar-refractivity contribution in [2.45, 2.75) is 37.5 Å². The molecule has 0 radical (unpaired) electrons. The number of benzene rings is 1. The highest BCUT2D eigenvalue weighted by Gasteiger charge is 2.42. The lowest BCUT2D eigenvalue weighted by atomic mass is 9.88. The summed E-state index contributed by atoms with van der Waals surface area (Å²) in [6.45, 7) is 2.57. The normalized spacial score (nSPS) is 25.1. The zero-order valence-corrected chi connectivity index (χ0v) is 14.7. The highest BCUT2D eigenvalue weighted by Crippen LogP contribution is 2.30. The van der Waals surface area contributed by atoms with Crippen molar-refractivity contribution in [2.75, 3.05) is 30.3 Å². The summed E-state index contributed by atoms with van der Waals surface area (Å²) in [7, 11) is 0. The number of nitrogen functional groups attached to an aromatic ring is 1. The Morgan fingerprint density at radius 1 is 1.24 bits per heavy atom. The average Bonchev–Trinajstić information content (AvgIpc) is 3.06. The molecular formula is C17H23ClN6O. The van der Waals surface area contributed by atoms with E-state index in [0.29, 0.717) is 17.9 Å². The first kappa shape index (κ1) is 16.6. The first-order valence-corrected chi connectivity index (χ1v) is 9.09. The Balaban J connectivity index is 1.35. The fraction of sp³-hybridized carbons (Fsp3) is 0.529. The third-order valence-corrected chi connectivity index (χ3v) is 5.59. The summed E-state index contributed by atoms with van der Waals surface area (Å²) in [5.41, 5.74) is 6.82. The van der Waals surface area contributed by atoms with Gasteiger partial charge in [0.1, 0.15) is 0 Å². The van der Waals surface area contributed by atoms with Crippen molar-refractivity contribution in [3.05, 3.63) is 34.9 Å². The number of β-amino-alcohol motifs (C(OH)–C–C–N with tert-alkyl or cyclic N) is 1. The van der Waals surface area contributed by atoms with Crippen LogP contribution in [0.5, 0.6) is 0 Å². The van der Waals surface area contributed by atoms with Crippen molar-refractivity contribution >= 4 is 23.5 Å². The number of H-pyrrole nitrogens is 1. The van der Waals surface area contributed by atoms with Crippen LogP contribution in [0.3, 0.4) is 0 Å². The summed E-state index contributed by atoms with van der Waals surface area (Å²) in [6, 6.07) is 8.59. The number of nitrogens with one attached hydrogen (secondary N) is 1. The number of rotatable bonds is 4. The highest BCUT2D eigenvalue weighted by atomic mass is 35.5. The van der Waals surface area contributed by atoms with Crippen LogP contribution < -0.4 is 10.6 Å². The molecule has 0 saturated carbocycles. The van der Waals surface area contributed by atoms with Crippen molar-refractivity contribution in [3.63, 3.8) is 0 Å². The molecule has 0 bridgehead atoms. The van der Waals surface area contributed by atoms with Gasteiger partial charge in [-0.1, -0.05) is 23.7 Å². The molecule has 0 amide bonds. The van der Waals surface area contributed by atoms with Gasteiger partial charge in [-0.3, -0.25) is 4.90 Å². The van der Waals surface area contributed by atoms with Crippen molar-refractivity contribution < 1.29 is 5.11 Å². The van der Waals surface area contributed by atoms with Crippen LogP contribution in [0.2, 0.25) is 5.02 Å². The number of hydrogen-bond donors (Lipinski definition) is 3. The van der Waals surface area contributed by atoms with E-state index in [1.54, 1.807) is 0 Å². The van der Waals surface area contributed by atoms with Crippen LogP contribution in [-0.2, 0) is 6.42 Å². The molecule has 4 rings (SSSR count). The molecular weight excluding hydrogens is 340 g/mol. The Hall–Kier alpha value is -1.83. The molecule has 0 spiro atoms. The molecule has 2 fully saturated rings. The van der Waals surface area contributed by atoms with Crippen LogP contribution in [0.25, 0.3) is 0 Å².